The minimum atomic E-state index is 0.473. The predicted octanol–water partition coefficient (Wildman–Crippen LogP) is 2.75. The molecule has 3 heteroatoms. The highest BCUT2D eigenvalue weighted by Gasteiger charge is 2.04. The summed E-state index contributed by atoms with van der Waals surface area (Å²) in [4.78, 5) is 4.44. The lowest BCUT2D eigenvalue weighted by Crippen LogP contribution is -2.15. The Morgan fingerprint density at radius 1 is 1.25 bits per heavy atom. The summed E-state index contributed by atoms with van der Waals surface area (Å²) in [7, 11) is 0. The minimum absolute atomic E-state index is 0.473. The molecule has 0 fully saturated rings. The van der Waals surface area contributed by atoms with Crippen LogP contribution in [0, 0.1) is 11.3 Å². The average Bonchev–Trinajstić information content (AvgIpc) is 2.33. The molecule has 0 aromatic heterocycles. The molecule has 0 spiro atoms. The van der Waals surface area contributed by atoms with Gasteiger partial charge in [0.05, 0.1) is 12.5 Å². The van der Waals surface area contributed by atoms with Crippen LogP contribution < -0.4 is 5.32 Å². The second kappa shape index (κ2) is 5.32. The highest BCUT2D eigenvalue weighted by atomic mass is 15.0. The van der Waals surface area contributed by atoms with E-state index in [1.165, 1.54) is 12.8 Å². The maximum atomic E-state index is 8.57. The molecule has 16 heavy (non-hydrogen) atoms. The highest BCUT2D eigenvalue weighted by molar-refractivity contribution is 5.95. The Morgan fingerprint density at radius 3 is 2.69 bits per heavy atom. The van der Waals surface area contributed by atoms with Gasteiger partial charge in [-0.25, -0.2) is 0 Å². The smallest absolute Gasteiger partial charge is 0.101 e. The van der Waals surface area contributed by atoms with Crippen LogP contribution in [0.5, 0.6) is 0 Å². The van der Waals surface area contributed by atoms with Gasteiger partial charge in [0.15, 0.2) is 0 Å². The molecule has 2 rings (SSSR count). The topological polar surface area (TPSA) is 48.2 Å². The second-order valence-corrected chi connectivity index (χ2v) is 3.94. The van der Waals surface area contributed by atoms with E-state index in [4.69, 9.17) is 5.26 Å². The van der Waals surface area contributed by atoms with Crippen LogP contribution in [0.4, 0.5) is 5.69 Å². The fraction of sp³-hybridized carbons (Fsp3) is 0.385. The van der Waals surface area contributed by atoms with Crippen LogP contribution in [0.3, 0.4) is 0 Å². The third kappa shape index (κ3) is 2.83. The molecule has 0 unspecified atom stereocenters. The maximum absolute atomic E-state index is 8.57. The van der Waals surface area contributed by atoms with E-state index in [-0.39, 0.29) is 0 Å². The SMILES string of the molecule is N#CCc1ccc(NC2=NCCCC2)cc1. The summed E-state index contributed by atoms with van der Waals surface area (Å²) in [5.74, 6) is 1.08. The van der Waals surface area contributed by atoms with Crippen molar-refractivity contribution in [3.8, 4) is 6.07 Å². The van der Waals surface area contributed by atoms with Crippen molar-refractivity contribution in [2.75, 3.05) is 11.9 Å². The summed E-state index contributed by atoms with van der Waals surface area (Å²) in [5.41, 5.74) is 2.11. The highest BCUT2D eigenvalue weighted by Crippen LogP contribution is 2.13. The van der Waals surface area contributed by atoms with Crippen molar-refractivity contribution >= 4 is 11.5 Å². The molecule has 0 radical (unpaired) electrons. The zero-order chi connectivity index (χ0) is 11.2. The summed E-state index contributed by atoms with van der Waals surface area (Å²) in [5, 5.41) is 11.9. The Kier molecular flexibility index (Phi) is 3.55. The quantitative estimate of drug-likeness (QED) is 0.821. The van der Waals surface area contributed by atoms with Crippen LogP contribution >= 0.6 is 0 Å². The Labute approximate surface area is 95.8 Å². The Morgan fingerprint density at radius 2 is 2.06 bits per heavy atom. The molecule has 0 aliphatic carbocycles. The summed E-state index contributed by atoms with van der Waals surface area (Å²) in [6, 6.07) is 10.1. The molecular formula is C13H15N3. The van der Waals surface area contributed by atoms with Crippen molar-refractivity contribution in [3.63, 3.8) is 0 Å². The molecule has 82 valence electrons. The molecule has 1 aliphatic heterocycles. The number of anilines is 1. The fourth-order valence-electron chi connectivity index (χ4n) is 1.76. The van der Waals surface area contributed by atoms with Gasteiger partial charge in [0, 0.05) is 18.7 Å². The van der Waals surface area contributed by atoms with E-state index in [2.05, 4.69) is 16.4 Å². The van der Waals surface area contributed by atoms with E-state index in [1.807, 2.05) is 24.3 Å². The number of hydrogen-bond acceptors (Lipinski definition) is 3. The van der Waals surface area contributed by atoms with Gasteiger partial charge in [-0.3, -0.25) is 4.99 Å². The predicted molar refractivity (Wildman–Crippen MR) is 65.5 cm³/mol. The largest absolute Gasteiger partial charge is 0.344 e. The molecule has 1 heterocycles. The van der Waals surface area contributed by atoms with Crippen molar-refractivity contribution in [1.29, 1.82) is 5.26 Å². The van der Waals surface area contributed by atoms with Gasteiger partial charge in [0.2, 0.25) is 0 Å². The Balaban J connectivity index is 1.99. The monoisotopic (exact) mass is 213 g/mol. The van der Waals surface area contributed by atoms with E-state index < -0.39 is 0 Å². The third-order valence-electron chi connectivity index (χ3n) is 2.65. The molecule has 1 aliphatic rings. The zero-order valence-electron chi connectivity index (χ0n) is 9.24. The lowest BCUT2D eigenvalue weighted by molar-refractivity contribution is 0.737. The standard InChI is InChI=1S/C13H15N3/c14-9-8-11-4-6-12(7-5-11)16-13-3-1-2-10-15-13/h4-7H,1-3,8,10H2,(H,15,16). The molecule has 0 saturated carbocycles. The molecule has 0 amide bonds. The summed E-state index contributed by atoms with van der Waals surface area (Å²) >= 11 is 0. The number of benzene rings is 1. The molecule has 0 saturated heterocycles. The average molecular weight is 213 g/mol. The molecule has 1 aromatic rings. The van der Waals surface area contributed by atoms with Gasteiger partial charge in [0.1, 0.15) is 5.84 Å². The normalized spacial score (nSPS) is 15.1. The molecule has 0 bridgehead atoms. The van der Waals surface area contributed by atoms with Crippen LogP contribution in [0.15, 0.2) is 29.3 Å². The summed E-state index contributed by atoms with van der Waals surface area (Å²) in [6.45, 7) is 0.939. The van der Waals surface area contributed by atoms with Crippen LogP contribution in [-0.4, -0.2) is 12.4 Å². The lowest BCUT2D eigenvalue weighted by Gasteiger charge is -2.13. The molecule has 0 atom stereocenters. The number of nitrogens with zero attached hydrogens (tertiary/aromatic N) is 2. The van der Waals surface area contributed by atoms with E-state index in [9.17, 15) is 0 Å². The molecule has 3 nitrogen and oxygen atoms in total. The van der Waals surface area contributed by atoms with Gasteiger partial charge < -0.3 is 5.32 Å². The van der Waals surface area contributed by atoms with E-state index >= 15 is 0 Å². The number of nitrogens with one attached hydrogen (secondary N) is 1. The number of amidine groups is 1. The summed E-state index contributed by atoms with van der Waals surface area (Å²) < 4.78 is 0. The van der Waals surface area contributed by atoms with Gasteiger partial charge in [-0.2, -0.15) is 5.26 Å². The Bertz CT molecular complexity index is 412. The first-order valence-electron chi connectivity index (χ1n) is 5.65. The van der Waals surface area contributed by atoms with Gasteiger partial charge in [0.25, 0.3) is 0 Å². The molecule has 1 aromatic carbocycles. The first-order valence-corrected chi connectivity index (χ1v) is 5.65. The van der Waals surface area contributed by atoms with Gasteiger partial charge >= 0.3 is 0 Å². The van der Waals surface area contributed by atoms with E-state index in [1.54, 1.807) is 0 Å². The fourth-order valence-corrected chi connectivity index (χ4v) is 1.76. The summed E-state index contributed by atoms with van der Waals surface area (Å²) in [6.07, 6.45) is 3.94. The minimum Gasteiger partial charge on any atom is -0.344 e. The van der Waals surface area contributed by atoms with Gasteiger partial charge in [-0.15, -0.1) is 0 Å². The number of aliphatic imine (C=N–C) groups is 1. The number of hydrogen-bond donors (Lipinski definition) is 1. The Hall–Kier alpha value is -1.82. The van der Waals surface area contributed by atoms with Gasteiger partial charge in [-0.05, 0) is 30.5 Å². The first-order chi connectivity index (χ1) is 7.88. The molecular weight excluding hydrogens is 198 g/mol. The second-order valence-electron chi connectivity index (χ2n) is 3.94. The van der Waals surface area contributed by atoms with Crippen molar-refractivity contribution < 1.29 is 0 Å². The lowest BCUT2D eigenvalue weighted by atomic mass is 10.1. The number of nitriles is 1. The zero-order valence-corrected chi connectivity index (χ0v) is 9.24. The molecule has 1 N–H and O–H groups in total. The van der Waals surface area contributed by atoms with Crippen molar-refractivity contribution in [2.24, 2.45) is 4.99 Å². The van der Waals surface area contributed by atoms with Crippen molar-refractivity contribution in [1.82, 2.24) is 0 Å². The van der Waals surface area contributed by atoms with Crippen LogP contribution in [0.2, 0.25) is 0 Å². The number of rotatable bonds is 2. The van der Waals surface area contributed by atoms with Crippen molar-refractivity contribution in [3.05, 3.63) is 29.8 Å². The van der Waals surface area contributed by atoms with E-state index in [0.29, 0.717) is 6.42 Å². The van der Waals surface area contributed by atoms with Crippen LogP contribution in [0.25, 0.3) is 0 Å². The first kappa shape index (κ1) is 10.7. The van der Waals surface area contributed by atoms with Crippen LogP contribution in [-0.2, 0) is 6.42 Å². The van der Waals surface area contributed by atoms with Gasteiger partial charge in [-0.1, -0.05) is 12.1 Å². The van der Waals surface area contributed by atoms with E-state index in [0.717, 1.165) is 30.1 Å². The maximum Gasteiger partial charge on any atom is 0.101 e. The third-order valence-corrected chi connectivity index (χ3v) is 2.65. The van der Waals surface area contributed by atoms with Crippen LogP contribution in [0.1, 0.15) is 24.8 Å². The van der Waals surface area contributed by atoms with Crippen molar-refractivity contribution in [2.45, 2.75) is 25.7 Å².